The van der Waals surface area contributed by atoms with Crippen molar-refractivity contribution in [1.82, 2.24) is 19.7 Å². The lowest BCUT2D eigenvalue weighted by Gasteiger charge is -2.30. The Kier molecular flexibility index (Phi) is 5.99. The third kappa shape index (κ3) is 4.10. The van der Waals surface area contributed by atoms with Crippen molar-refractivity contribution in [2.24, 2.45) is 5.10 Å². The van der Waals surface area contributed by atoms with Gasteiger partial charge in [-0.1, -0.05) is 54.1 Å². The molecule has 0 saturated heterocycles. The molecule has 1 aliphatic rings. The van der Waals surface area contributed by atoms with E-state index in [0.717, 1.165) is 4.31 Å². The number of fused-ring (bicyclic) bond motifs is 2. The van der Waals surface area contributed by atoms with Gasteiger partial charge in [-0.25, -0.2) is 23.1 Å². The minimum Gasteiger partial charge on any atom is -0.505 e. The number of nitrogens with zero attached hydrogens (tertiary/aromatic N) is 3. The van der Waals surface area contributed by atoms with Crippen molar-refractivity contribution in [3.63, 3.8) is 0 Å². The summed E-state index contributed by atoms with van der Waals surface area (Å²) in [5.74, 6) is -1.10. The first-order valence-electron chi connectivity index (χ1n) is 10.9. The number of halogens is 1. The van der Waals surface area contributed by atoms with Gasteiger partial charge in [-0.3, -0.25) is 4.79 Å². The predicted molar refractivity (Wildman–Crippen MR) is 137 cm³/mol. The van der Waals surface area contributed by atoms with Crippen molar-refractivity contribution in [2.45, 2.75) is 18.4 Å². The van der Waals surface area contributed by atoms with Crippen LogP contribution in [-0.4, -0.2) is 39.4 Å². The molecule has 1 aromatic heterocycles. The largest absolute Gasteiger partial charge is 0.505 e. The molecule has 0 saturated carbocycles. The molecule has 1 aliphatic heterocycles. The first-order chi connectivity index (χ1) is 17.3. The zero-order valence-electron chi connectivity index (χ0n) is 18.9. The van der Waals surface area contributed by atoms with E-state index >= 15 is 0 Å². The van der Waals surface area contributed by atoms with E-state index in [4.69, 9.17) is 11.6 Å². The van der Waals surface area contributed by atoms with Crippen molar-refractivity contribution in [3.05, 3.63) is 100 Å². The third-order valence-electron chi connectivity index (χ3n) is 5.72. The number of aromatic amines is 1. The van der Waals surface area contributed by atoms with Gasteiger partial charge in [0, 0.05) is 16.1 Å². The number of carbonyl (C=O) groups is 1. The summed E-state index contributed by atoms with van der Waals surface area (Å²) in [5.41, 5.74) is 4.26. The number of imidazole rings is 1. The van der Waals surface area contributed by atoms with E-state index in [9.17, 15) is 18.3 Å². The second kappa shape index (κ2) is 9.14. The van der Waals surface area contributed by atoms with Gasteiger partial charge in [0.05, 0.1) is 28.2 Å². The smallest absolute Gasteiger partial charge is 0.292 e. The Bertz CT molecular complexity index is 1640. The molecule has 5 rings (SSSR count). The van der Waals surface area contributed by atoms with Crippen LogP contribution in [0, 0.1) is 0 Å². The molecule has 4 aromatic rings. The molecule has 9 nitrogen and oxygen atoms in total. The van der Waals surface area contributed by atoms with E-state index in [1.165, 1.54) is 12.1 Å². The van der Waals surface area contributed by atoms with Gasteiger partial charge in [0.15, 0.2) is 11.5 Å². The molecule has 3 N–H and O–H groups in total. The van der Waals surface area contributed by atoms with Crippen molar-refractivity contribution in [1.29, 1.82) is 0 Å². The lowest BCUT2D eigenvalue weighted by atomic mass is 10.1. The van der Waals surface area contributed by atoms with Crippen LogP contribution in [0.3, 0.4) is 0 Å². The van der Waals surface area contributed by atoms with Crippen molar-refractivity contribution in [3.8, 4) is 0 Å². The van der Waals surface area contributed by atoms with Gasteiger partial charge >= 0.3 is 0 Å². The molecule has 0 atom stereocenters. The van der Waals surface area contributed by atoms with Gasteiger partial charge in [0.25, 0.3) is 15.9 Å². The normalized spacial score (nSPS) is 15.2. The first-order valence-corrected chi connectivity index (χ1v) is 12.7. The Labute approximate surface area is 211 Å². The summed E-state index contributed by atoms with van der Waals surface area (Å²) in [5, 5.41) is 15.6. The summed E-state index contributed by atoms with van der Waals surface area (Å²) in [6.45, 7) is 1.33. The highest BCUT2D eigenvalue weighted by atomic mass is 35.5. The van der Waals surface area contributed by atoms with E-state index in [-0.39, 0.29) is 17.0 Å². The number of sulfonamides is 1. The number of aliphatic hydroxyl groups is 1. The lowest BCUT2D eigenvalue weighted by Crippen LogP contribution is -2.41. The van der Waals surface area contributed by atoms with Gasteiger partial charge in [0.2, 0.25) is 0 Å². The van der Waals surface area contributed by atoms with E-state index in [1.807, 2.05) is 12.1 Å². The zero-order chi connectivity index (χ0) is 25.4. The molecule has 11 heteroatoms. The number of amides is 1. The molecule has 0 aliphatic carbocycles. The minimum atomic E-state index is -4.22. The van der Waals surface area contributed by atoms with Gasteiger partial charge in [-0.05, 0) is 37.3 Å². The van der Waals surface area contributed by atoms with E-state index in [0.29, 0.717) is 33.2 Å². The standard InChI is InChI=1S/C25H20ClN5O4S/c1-15(16-8-2-4-10-18(16)26)29-30-25(33)23-24(32)17-9-3-7-13-21(17)36(34,35)31(23)14-22-27-19-11-5-6-12-20(19)28-22/h2-13,32H,14H2,1H3,(H,27,28)(H,30,33)/b29-15+. The number of benzene rings is 3. The molecule has 0 fully saturated rings. The summed E-state index contributed by atoms with van der Waals surface area (Å²) in [7, 11) is -4.22. The Morgan fingerprint density at radius 2 is 1.78 bits per heavy atom. The fourth-order valence-corrected chi connectivity index (χ4v) is 5.88. The number of hydrazone groups is 1. The number of hydrogen-bond acceptors (Lipinski definition) is 6. The maximum absolute atomic E-state index is 13.6. The third-order valence-corrected chi connectivity index (χ3v) is 7.85. The number of nitrogens with one attached hydrogen (secondary N) is 2. The Morgan fingerprint density at radius 1 is 1.08 bits per heavy atom. The average molecular weight is 522 g/mol. The summed E-state index contributed by atoms with van der Waals surface area (Å²) in [4.78, 5) is 20.7. The first kappa shape index (κ1) is 23.6. The van der Waals surface area contributed by atoms with Crippen molar-refractivity contribution < 1.29 is 18.3 Å². The molecule has 2 heterocycles. The Morgan fingerprint density at radius 3 is 2.56 bits per heavy atom. The fraction of sp³-hybridized carbons (Fsp3) is 0.0800. The van der Waals surface area contributed by atoms with Crippen LogP contribution in [-0.2, 0) is 21.4 Å². The maximum atomic E-state index is 13.6. The topological polar surface area (TPSA) is 128 Å². The monoisotopic (exact) mass is 521 g/mol. The quantitative estimate of drug-likeness (QED) is 0.268. The highest BCUT2D eigenvalue weighted by Gasteiger charge is 2.40. The zero-order valence-corrected chi connectivity index (χ0v) is 20.5. The number of para-hydroxylation sites is 2. The van der Waals surface area contributed by atoms with Gasteiger partial charge in [-0.2, -0.15) is 5.10 Å². The summed E-state index contributed by atoms with van der Waals surface area (Å²) >= 11 is 6.21. The second-order valence-corrected chi connectivity index (χ2v) is 10.3. The molecule has 0 unspecified atom stereocenters. The number of aromatic nitrogens is 2. The second-order valence-electron chi connectivity index (χ2n) is 8.02. The SMILES string of the molecule is C/C(=N\NC(=O)C1=C(O)c2ccccc2S(=O)(=O)N1Cc1nc2ccccc2[nH]1)c1ccccc1Cl. The van der Waals surface area contributed by atoms with E-state index in [2.05, 4.69) is 20.5 Å². The molecular formula is C25H20ClN5O4S. The minimum absolute atomic E-state index is 0.0234. The van der Waals surface area contributed by atoms with Gasteiger partial charge in [0.1, 0.15) is 5.82 Å². The number of H-pyrrole nitrogens is 1. The molecule has 182 valence electrons. The van der Waals surface area contributed by atoms with Crippen LogP contribution in [0.25, 0.3) is 16.8 Å². The van der Waals surface area contributed by atoms with Crippen LogP contribution in [0.5, 0.6) is 0 Å². The molecule has 0 radical (unpaired) electrons. The fourth-order valence-electron chi connectivity index (χ4n) is 3.98. The highest BCUT2D eigenvalue weighted by molar-refractivity contribution is 7.89. The lowest BCUT2D eigenvalue weighted by molar-refractivity contribution is -0.118. The summed E-state index contributed by atoms with van der Waals surface area (Å²) in [6.07, 6.45) is 0. The Balaban J connectivity index is 1.56. The van der Waals surface area contributed by atoms with Crippen LogP contribution >= 0.6 is 11.6 Å². The van der Waals surface area contributed by atoms with Crippen LogP contribution in [0.4, 0.5) is 0 Å². The van der Waals surface area contributed by atoms with Crippen LogP contribution in [0.15, 0.2) is 88.5 Å². The maximum Gasteiger partial charge on any atom is 0.292 e. The van der Waals surface area contributed by atoms with Gasteiger partial charge < -0.3 is 10.1 Å². The predicted octanol–water partition coefficient (Wildman–Crippen LogP) is 4.19. The molecule has 3 aromatic carbocycles. The molecular weight excluding hydrogens is 502 g/mol. The van der Waals surface area contributed by atoms with Crippen molar-refractivity contribution in [2.75, 3.05) is 0 Å². The molecule has 36 heavy (non-hydrogen) atoms. The van der Waals surface area contributed by atoms with E-state index in [1.54, 1.807) is 55.5 Å². The number of hydrogen-bond donors (Lipinski definition) is 3. The molecule has 1 amide bonds. The molecule has 0 spiro atoms. The van der Waals surface area contributed by atoms with Gasteiger partial charge in [-0.15, -0.1) is 0 Å². The number of rotatable bonds is 5. The van der Waals surface area contributed by atoms with Crippen molar-refractivity contribution >= 4 is 50.0 Å². The Hall–Kier alpha value is -4.15. The van der Waals surface area contributed by atoms with Crippen LogP contribution < -0.4 is 5.43 Å². The van der Waals surface area contributed by atoms with Crippen LogP contribution in [0.1, 0.15) is 23.9 Å². The number of carbonyl (C=O) groups excluding carboxylic acids is 1. The van der Waals surface area contributed by atoms with Crippen LogP contribution in [0.2, 0.25) is 5.02 Å². The highest BCUT2D eigenvalue weighted by Crippen LogP contribution is 2.36. The summed E-state index contributed by atoms with van der Waals surface area (Å²) < 4.78 is 28.0. The average Bonchev–Trinajstić information content (AvgIpc) is 3.29. The number of aliphatic hydroxyl groups excluding tert-OH is 1. The van der Waals surface area contributed by atoms with E-state index < -0.39 is 27.4 Å². The molecule has 0 bridgehead atoms. The summed E-state index contributed by atoms with van der Waals surface area (Å²) in [6, 6.07) is 20.1.